The summed E-state index contributed by atoms with van der Waals surface area (Å²) in [4.78, 5) is 0. The Labute approximate surface area is 171 Å². The molecule has 0 aromatic heterocycles. The second-order valence-electron chi connectivity index (χ2n) is 8.27. The molecule has 29 heavy (non-hydrogen) atoms. The number of hydrogen-bond acceptors (Lipinski definition) is 2. The van der Waals surface area contributed by atoms with Crippen LogP contribution in [0.5, 0.6) is 0 Å². The molecule has 5 heteroatoms. The van der Waals surface area contributed by atoms with Crippen LogP contribution in [0.2, 0.25) is 0 Å². The van der Waals surface area contributed by atoms with Crippen molar-refractivity contribution < 1.29 is 17.9 Å². The third kappa shape index (κ3) is 6.47. The lowest BCUT2D eigenvalue weighted by Gasteiger charge is -2.32. The van der Waals surface area contributed by atoms with Crippen LogP contribution in [0.25, 0.3) is 0 Å². The average Bonchev–Trinajstić information content (AvgIpc) is 2.75. The number of hydrogen-bond donors (Lipinski definition) is 0. The lowest BCUT2D eigenvalue weighted by Crippen LogP contribution is -2.25. The Hall–Kier alpha value is -2.06. The van der Waals surface area contributed by atoms with Gasteiger partial charge in [0.1, 0.15) is 6.07 Å². The number of nitriles is 1. The summed E-state index contributed by atoms with van der Waals surface area (Å²) in [6.07, 6.45) is 13.2. The zero-order valence-electron chi connectivity index (χ0n) is 16.6. The van der Waals surface area contributed by atoms with Gasteiger partial charge in [-0.2, -0.15) is 9.65 Å². The summed E-state index contributed by atoms with van der Waals surface area (Å²) in [7, 11) is 0. The number of halogens is 3. The number of allylic oxidation sites excluding steroid dienone is 4. The van der Waals surface area contributed by atoms with Crippen LogP contribution in [-0.2, 0) is 4.74 Å². The molecule has 0 atom stereocenters. The predicted octanol–water partition coefficient (Wildman–Crippen LogP) is 6.75. The minimum Gasteiger partial charge on any atom is -0.378 e. The normalized spacial score (nSPS) is 28.4. The fraction of sp³-hybridized carbons (Fsp3) is 0.542. The van der Waals surface area contributed by atoms with E-state index in [-0.39, 0.29) is 12.0 Å². The predicted molar refractivity (Wildman–Crippen MR) is 107 cm³/mol. The van der Waals surface area contributed by atoms with Crippen molar-refractivity contribution in [2.75, 3.05) is 6.61 Å². The molecule has 0 unspecified atom stereocenters. The first-order valence-electron chi connectivity index (χ1n) is 10.6. The topological polar surface area (TPSA) is 33.0 Å². The third-order valence-corrected chi connectivity index (χ3v) is 6.28. The van der Waals surface area contributed by atoms with Gasteiger partial charge in [-0.1, -0.05) is 18.2 Å². The molecule has 2 saturated carbocycles. The highest BCUT2D eigenvalue weighted by Gasteiger charge is 2.25. The standard InChI is InChI=1S/C24H28F3NO/c25-21(15-28)3-1-2-17-4-6-18(7-5-17)16-29-22-11-8-19(9-12-22)20-10-13-23(26)24(27)14-20/h1-3,10,13-14,17-19,22H,4-9,11-12,16H2/b2-1+,21-3-. The Morgan fingerprint density at radius 3 is 2.41 bits per heavy atom. The molecule has 0 radical (unpaired) electrons. The molecule has 0 amide bonds. The molecule has 2 aliphatic carbocycles. The Balaban J connectivity index is 1.35. The van der Waals surface area contributed by atoms with E-state index in [0.717, 1.165) is 63.5 Å². The first-order valence-corrected chi connectivity index (χ1v) is 10.6. The molecule has 1 aromatic rings. The van der Waals surface area contributed by atoms with Crippen molar-refractivity contribution in [3.8, 4) is 6.07 Å². The van der Waals surface area contributed by atoms with Gasteiger partial charge in [0.25, 0.3) is 0 Å². The lowest BCUT2D eigenvalue weighted by molar-refractivity contribution is -0.00339. The van der Waals surface area contributed by atoms with Crippen molar-refractivity contribution >= 4 is 0 Å². The van der Waals surface area contributed by atoms with Gasteiger partial charge in [0.05, 0.1) is 6.10 Å². The molecule has 3 rings (SSSR count). The summed E-state index contributed by atoms with van der Waals surface area (Å²) in [5, 5.41) is 8.40. The van der Waals surface area contributed by atoms with Gasteiger partial charge in [-0.3, -0.25) is 0 Å². The van der Waals surface area contributed by atoms with Crippen molar-refractivity contribution in [2.24, 2.45) is 11.8 Å². The smallest absolute Gasteiger partial charge is 0.199 e. The highest BCUT2D eigenvalue weighted by molar-refractivity contribution is 5.22. The molecule has 1 aromatic carbocycles. The lowest BCUT2D eigenvalue weighted by atomic mass is 9.81. The van der Waals surface area contributed by atoms with E-state index in [1.807, 2.05) is 6.08 Å². The Morgan fingerprint density at radius 2 is 1.76 bits per heavy atom. The molecule has 0 aliphatic heterocycles. The van der Waals surface area contributed by atoms with Crippen molar-refractivity contribution in [1.29, 1.82) is 5.26 Å². The Kier molecular flexibility index (Phi) is 7.94. The van der Waals surface area contributed by atoms with Crippen LogP contribution in [0.4, 0.5) is 13.2 Å². The van der Waals surface area contributed by atoms with E-state index >= 15 is 0 Å². The second kappa shape index (κ2) is 10.6. The van der Waals surface area contributed by atoms with E-state index < -0.39 is 17.5 Å². The van der Waals surface area contributed by atoms with Gasteiger partial charge in [0, 0.05) is 6.61 Å². The quantitative estimate of drug-likeness (QED) is 0.389. The number of benzene rings is 1. The number of ether oxygens (including phenoxy) is 1. The molecule has 0 bridgehead atoms. The Morgan fingerprint density at radius 1 is 1.03 bits per heavy atom. The van der Waals surface area contributed by atoms with Crippen LogP contribution < -0.4 is 0 Å². The van der Waals surface area contributed by atoms with Gasteiger partial charge in [-0.05, 0) is 92.9 Å². The highest BCUT2D eigenvalue weighted by atomic mass is 19.2. The fourth-order valence-electron chi connectivity index (χ4n) is 4.48. The van der Waals surface area contributed by atoms with Crippen molar-refractivity contribution in [1.82, 2.24) is 0 Å². The number of rotatable bonds is 6. The maximum Gasteiger partial charge on any atom is 0.199 e. The molecule has 156 valence electrons. The summed E-state index contributed by atoms with van der Waals surface area (Å²) < 4.78 is 45.5. The summed E-state index contributed by atoms with van der Waals surface area (Å²) in [5.41, 5.74) is 0.887. The van der Waals surface area contributed by atoms with Gasteiger partial charge in [-0.25, -0.2) is 8.78 Å². The van der Waals surface area contributed by atoms with Crippen molar-refractivity contribution in [3.63, 3.8) is 0 Å². The highest BCUT2D eigenvalue weighted by Crippen LogP contribution is 2.36. The minimum atomic E-state index is -0.790. The SMILES string of the molecule is N#C/C(F)=C/C=C/C1CCC(COC2CCC(c3ccc(F)c(F)c3)CC2)CC1. The minimum absolute atomic E-state index is 0.258. The zero-order chi connectivity index (χ0) is 20.6. The molecular formula is C24H28F3NO. The first-order chi connectivity index (χ1) is 14.0. The summed E-state index contributed by atoms with van der Waals surface area (Å²) >= 11 is 0. The van der Waals surface area contributed by atoms with Gasteiger partial charge in [-0.15, -0.1) is 0 Å². The zero-order valence-corrected chi connectivity index (χ0v) is 16.6. The van der Waals surface area contributed by atoms with Crippen LogP contribution in [0.3, 0.4) is 0 Å². The van der Waals surface area contributed by atoms with E-state index in [9.17, 15) is 13.2 Å². The summed E-state index contributed by atoms with van der Waals surface area (Å²) in [5.74, 6) is -1.02. The second-order valence-corrected chi connectivity index (χ2v) is 8.27. The van der Waals surface area contributed by atoms with Crippen LogP contribution in [0, 0.1) is 34.8 Å². The molecule has 0 N–H and O–H groups in total. The molecule has 2 nitrogen and oxygen atoms in total. The van der Waals surface area contributed by atoms with E-state index in [1.54, 1.807) is 12.1 Å². The first kappa shape index (κ1) is 21.6. The third-order valence-electron chi connectivity index (χ3n) is 6.28. The maximum atomic E-state index is 13.4. The summed E-state index contributed by atoms with van der Waals surface area (Å²) in [6.45, 7) is 0.778. The molecule has 2 fully saturated rings. The van der Waals surface area contributed by atoms with Gasteiger partial charge in [0.2, 0.25) is 0 Å². The van der Waals surface area contributed by atoms with Crippen LogP contribution >= 0.6 is 0 Å². The average molecular weight is 403 g/mol. The van der Waals surface area contributed by atoms with Crippen molar-refractivity contribution in [3.05, 3.63) is 59.5 Å². The number of nitrogens with zero attached hydrogens (tertiary/aromatic N) is 1. The molecule has 2 aliphatic rings. The monoisotopic (exact) mass is 403 g/mol. The van der Waals surface area contributed by atoms with Gasteiger partial charge in [0.15, 0.2) is 17.5 Å². The van der Waals surface area contributed by atoms with E-state index in [0.29, 0.717) is 11.8 Å². The molecule has 0 saturated heterocycles. The summed E-state index contributed by atoms with van der Waals surface area (Å²) in [6, 6.07) is 5.71. The van der Waals surface area contributed by atoms with Gasteiger partial charge >= 0.3 is 0 Å². The fourth-order valence-corrected chi connectivity index (χ4v) is 4.48. The van der Waals surface area contributed by atoms with Crippen LogP contribution in [-0.4, -0.2) is 12.7 Å². The van der Waals surface area contributed by atoms with Crippen LogP contribution in [0.15, 0.2) is 42.3 Å². The largest absolute Gasteiger partial charge is 0.378 e. The van der Waals surface area contributed by atoms with Gasteiger partial charge < -0.3 is 4.74 Å². The maximum absolute atomic E-state index is 13.4. The van der Waals surface area contributed by atoms with E-state index in [2.05, 4.69) is 0 Å². The van der Waals surface area contributed by atoms with E-state index in [1.165, 1.54) is 24.3 Å². The molecule has 0 spiro atoms. The van der Waals surface area contributed by atoms with Crippen molar-refractivity contribution in [2.45, 2.75) is 63.4 Å². The van der Waals surface area contributed by atoms with Crippen LogP contribution in [0.1, 0.15) is 62.8 Å². The molecular weight excluding hydrogens is 375 g/mol. The Bertz CT molecular complexity index is 767. The molecule has 0 heterocycles. The van der Waals surface area contributed by atoms with E-state index in [4.69, 9.17) is 10.00 Å².